The molecule has 0 unspecified atom stereocenters. The first kappa shape index (κ1) is 21.2. The van der Waals surface area contributed by atoms with Crippen molar-refractivity contribution in [2.24, 2.45) is 23.7 Å². The maximum absolute atomic E-state index is 13.4. The predicted octanol–water partition coefficient (Wildman–Crippen LogP) is 4.58. The molecule has 0 spiro atoms. The molecule has 0 radical (unpaired) electrons. The molecule has 31 heavy (non-hydrogen) atoms. The van der Waals surface area contributed by atoms with Gasteiger partial charge >= 0.3 is 11.9 Å². The van der Waals surface area contributed by atoms with Crippen molar-refractivity contribution in [1.82, 2.24) is 0 Å². The number of carboxylic acid groups (broad SMARTS) is 1. The maximum atomic E-state index is 13.4. The van der Waals surface area contributed by atoms with E-state index in [0.717, 1.165) is 11.3 Å². The Bertz CT molecular complexity index is 1040. The van der Waals surface area contributed by atoms with Gasteiger partial charge in [-0.25, -0.2) is 9.18 Å². The van der Waals surface area contributed by atoms with E-state index < -0.39 is 35.5 Å². The number of nitrogens with one attached hydrogen (secondary N) is 1. The number of esters is 1. The number of halogens is 1. The van der Waals surface area contributed by atoms with Crippen LogP contribution in [0.1, 0.15) is 30.1 Å². The van der Waals surface area contributed by atoms with Crippen LogP contribution in [0.2, 0.25) is 0 Å². The van der Waals surface area contributed by atoms with Crippen LogP contribution in [0.3, 0.4) is 0 Å². The van der Waals surface area contributed by atoms with E-state index in [0.29, 0.717) is 29.0 Å². The van der Waals surface area contributed by atoms with Gasteiger partial charge in [-0.3, -0.25) is 9.59 Å². The number of carbonyl (C=O) groups is 3. The minimum atomic E-state index is -0.988. The highest BCUT2D eigenvalue weighted by Crippen LogP contribution is 2.49. The Hall–Kier alpha value is -3.00. The largest absolute Gasteiger partial charge is 0.481 e. The van der Waals surface area contributed by atoms with E-state index in [2.05, 4.69) is 5.32 Å². The summed E-state index contributed by atoms with van der Waals surface area (Å²) in [6, 6.07) is 5.71. The van der Waals surface area contributed by atoms with Gasteiger partial charge < -0.3 is 15.2 Å². The van der Waals surface area contributed by atoms with Crippen LogP contribution in [0.25, 0.3) is 11.1 Å². The van der Waals surface area contributed by atoms with Gasteiger partial charge in [0.2, 0.25) is 5.91 Å². The molecule has 1 aromatic heterocycles. The van der Waals surface area contributed by atoms with Gasteiger partial charge in [0.1, 0.15) is 16.4 Å². The zero-order valence-electron chi connectivity index (χ0n) is 16.8. The molecule has 6 nitrogen and oxygen atoms in total. The molecule has 2 aromatic rings. The number of benzene rings is 1. The molecule has 0 saturated heterocycles. The quantitative estimate of drug-likeness (QED) is 0.483. The number of hydrogen-bond donors (Lipinski definition) is 2. The standard InChI is InChI=1S/C23H22FNO5S/c1-2-9-30-23(29)19-16(12-5-7-15(24)8-6-12)11-31-21(19)25-20(26)17-13-3-4-14(10-13)18(17)22(27)28/h3-8,11,13-14,17-18H,2,9-10H2,1H3,(H,25,26)(H,27,28)/t13-,14-,17+,18-/m0/s1. The fourth-order valence-corrected chi connectivity index (χ4v) is 5.43. The van der Waals surface area contributed by atoms with Crippen molar-refractivity contribution < 1.29 is 28.6 Å². The van der Waals surface area contributed by atoms with Gasteiger partial charge in [-0.1, -0.05) is 31.2 Å². The smallest absolute Gasteiger partial charge is 0.341 e. The Balaban J connectivity index is 1.65. The summed E-state index contributed by atoms with van der Waals surface area (Å²) in [4.78, 5) is 37.7. The van der Waals surface area contributed by atoms with Crippen LogP contribution >= 0.6 is 11.3 Å². The lowest BCUT2D eigenvalue weighted by Crippen LogP contribution is -2.36. The molecular formula is C23H22FNO5S. The van der Waals surface area contributed by atoms with Gasteiger partial charge in [-0.05, 0) is 42.4 Å². The fraction of sp³-hybridized carbons (Fsp3) is 0.348. The van der Waals surface area contributed by atoms with Gasteiger partial charge in [0, 0.05) is 10.9 Å². The number of anilines is 1. The second-order valence-corrected chi connectivity index (χ2v) is 8.70. The summed E-state index contributed by atoms with van der Waals surface area (Å²) in [6.45, 7) is 2.10. The van der Waals surface area contributed by atoms with E-state index in [1.165, 1.54) is 12.1 Å². The number of allylic oxidation sites excluding steroid dienone is 2. The summed E-state index contributed by atoms with van der Waals surface area (Å²) in [5, 5.41) is 14.4. The van der Waals surface area contributed by atoms with Crippen LogP contribution < -0.4 is 5.32 Å². The summed E-state index contributed by atoms with van der Waals surface area (Å²) >= 11 is 1.16. The Morgan fingerprint density at radius 3 is 2.48 bits per heavy atom. The van der Waals surface area contributed by atoms with E-state index in [1.54, 1.807) is 17.5 Å². The van der Waals surface area contributed by atoms with E-state index in [1.807, 2.05) is 19.1 Å². The van der Waals surface area contributed by atoms with Crippen molar-refractivity contribution >= 4 is 34.2 Å². The van der Waals surface area contributed by atoms with E-state index in [4.69, 9.17) is 4.74 Å². The van der Waals surface area contributed by atoms with Crippen LogP contribution in [-0.2, 0) is 14.3 Å². The molecule has 2 aliphatic rings. The molecular weight excluding hydrogens is 421 g/mol. The summed E-state index contributed by atoms with van der Waals surface area (Å²) in [5.74, 6) is -4.13. The minimum absolute atomic E-state index is 0.127. The summed E-state index contributed by atoms with van der Waals surface area (Å²) < 4.78 is 18.7. The summed E-state index contributed by atoms with van der Waals surface area (Å²) in [5.41, 5.74) is 1.35. The van der Waals surface area contributed by atoms with Crippen LogP contribution in [0.5, 0.6) is 0 Å². The average molecular weight is 443 g/mol. The number of ether oxygens (including phenoxy) is 1. The molecule has 2 bridgehead atoms. The number of carbonyl (C=O) groups excluding carboxylic acids is 2. The van der Waals surface area contributed by atoms with Crippen molar-refractivity contribution in [3.05, 3.63) is 53.2 Å². The van der Waals surface area contributed by atoms with E-state index in [9.17, 15) is 23.9 Å². The Morgan fingerprint density at radius 1 is 1.16 bits per heavy atom. The number of amides is 1. The van der Waals surface area contributed by atoms with E-state index in [-0.39, 0.29) is 24.0 Å². The molecule has 4 atom stereocenters. The molecule has 1 fully saturated rings. The first-order valence-corrected chi connectivity index (χ1v) is 11.0. The van der Waals surface area contributed by atoms with E-state index >= 15 is 0 Å². The van der Waals surface area contributed by atoms with Crippen LogP contribution in [0.4, 0.5) is 9.39 Å². The third-order valence-corrected chi connectivity index (χ3v) is 6.77. The lowest BCUT2D eigenvalue weighted by molar-refractivity contribution is -0.146. The molecule has 4 rings (SSSR count). The number of thiophene rings is 1. The molecule has 2 N–H and O–H groups in total. The van der Waals surface area contributed by atoms with Crippen molar-refractivity contribution in [3.63, 3.8) is 0 Å². The van der Waals surface area contributed by atoms with Crippen LogP contribution in [-0.4, -0.2) is 29.6 Å². The molecule has 1 amide bonds. The van der Waals surface area contributed by atoms with Gasteiger partial charge in [0.25, 0.3) is 0 Å². The number of rotatable bonds is 7. The van der Waals surface area contributed by atoms with Gasteiger partial charge in [-0.15, -0.1) is 11.3 Å². The highest BCUT2D eigenvalue weighted by molar-refractivity contribution is 7.15. The average Bonchev–Trinajstić information content (AvgIpc) is 3.47. The molecule has 162 valence electrons. The maximum Gasteiger partial charge on any atom is 0.341 e. The normalized spacial score (nSPS) is 23.7. The molecule has 1 heterocycles. The van der Waals surface area contributed by atoms with Crippen molar-refractivity contribution in [3.8, 4) is 11.1 Å². The molecule has 8 heteroatoms. The second-order valence-electron chi connectivity index (χ2n) is 7.82. The highest BCUT2D eigenvalue weighted by atomic mass is 32.1. The fourth-order valence-electron chi connectivity index (χ4n) is 4.47. The van der Waals surface area contributed by atoms with Crippen molar-refractivity contribution in [1.29, 1.82) is 0 Å². The van der Waals surface area contributed by atoms with Gasteiger partial charge in [-0.2, -0.15) is 0 Å². The number of fused-ring (bicyclic) bond motifs is 2. The Morgan fingerprint density at radius 2 is 1.84 bits per heavy atom. The SMILES string of the molecule is CCCOC(=O)c1c(-c2ccc(F)cc2)csc1NC(=O)[C@H]1[C@@H](C(=O)O)[C@H]2C=C[C@H]1C2. The number of aliphatic carboxylic acids is 1. The first-order valence-electron chi connectivity index (χ1n) is 10.2. The number of hydrogen-bond acceptors (Lipinski definition) is 5. The Kier molecular flexibility index (Phi) is 5.91. The molecule has 2 aliphatic carbocycles. The molecule has 1 saturated carbocycles. The van der Waals surface area contributed by atoms with Crippen molar-refractivity contribution in [2.45, 2.75) is 19.8 Å². The predicted molar refractivity (Wildman–Crippen MR) is 114 cm³/mol. The zero-order valence-corrected chi connectivity index (χ0v) is 17.7. The lowest BCUT2D eigenvalue weighted by atomic mass is 9.82. The Labute approximate surface area is 182 Å². The van der Waals surface area contributed by atoms with Crippen molar-refractivity contribution in [2.75, 3.05) is 11.9 Å². The monoisotopic (exact) mass is 443 g/mol. The topological polar surface area (TPSA) is 92.7 Å². The van der Waals surface area contributed by atoms with Gasteiger partial charge in [0.05, 0.1) is 18.4 Å². The van der Waals surface area contributed by atoms with Crippen LogP contribution in [0, 0.1) is 29.5 Å². The second kappa shape index (κ2) is 8.63. The summed E-state index contributed by atoms with van der Waals surface area (Å²) in [7, 11) is 0. The van der Waals surface area contributed by atoms with Gasteiger partial charge in [0.15, 0.2) is 0 Å². The lowest BCUT2D eigenvalue weighted by Gasteiger charge is -2.23. The summed E-state index contributed by atoms with van der Waals surface area (Å²) in [6.07, 6.45) is 5.06. The van der Waals surface area contributed by atoms with Crippen LogP contribution in [0.15, 0.2) is 41.8 Å². The molecule has 0 aliphatic heterocycles. The first-order chi connectivity index (χ1) is 14.9. The molecule has 1 aromatic carbocycles. The highest BCUT2D eigenvalue weighted by Gasteiger charge is 2.51. The minimum Gasteiger partial charge on any atom is -0.481 e. The third kappa shape index (κ3) is 3.99. The zero-order chi connectivity index (χ0) is 22.1. The third-order valence-electron chi connectivity index (χ3n) is 5.87. The number of carboxylic acids is 1.